The highest BCUT2D eigenvalue weighted by molar-refractivity contribution is 5.99. The summed E-state index contributed by atoms with van der Waals surface area (Å²) in [6, 6.07) is 7.05. The minimum atomic E-state index is 0.162. The van der Waals surface area contributed by atoms with E-state index in [2.05, 4.69) is 67.6 Å². The average molecular weight is 580 g/mol. The second-order valence-electron chi connectivity index (χ2n) is 11.6. The monoisotopic (exact) mass is 579 g/mol. The zero-order valence-electron chi connectivity index (χ0n) is 26.9. The van der Waals surface area contributed by atoms with E-state index in [-0.39, 0.29) is 11.9 Å². The van der Waals surface area contributed by atoms with Gasteiger partial charge in [-0.2, -0.15) is 0 Å². The van der Waals surface area contributed by atoms with Crippen LogP contribution in [0.25, 0.3) is 16.5 Å². The Labute approximate surface area is 252 Å². The van der Waals surface area contributed by atoms with Crippen LogP contribution < -0.4 is 5.73 Å². The fourth-order valence-corrected chi connectivity index (χ4v) is 6.20. The first-order valence-electron chi connectivity index (χ1n) is 15.6. The van der Waals surface area contributed by atoms with Crippen LogP contribution in [0.5, 0.6) is 0 Å². The number of hydrogen-bond acceptors (Lipinski definition) is 6. The highest BCUT2D eigenvalue weighted by Crippen LogP contribution is 2.37. The summed E-state index contributed by atoms with van der Waals surface area (Å²) >= 11 is 0. The third-order valence-electron chi connectivity index (χ3n) is 8.45. The van der Waals surface area contributed by atoms with Crippen molar-refractivity contribution in [3.05, 3.63) is 52.9 Å². The highest BCUT2D eigenvalue weighted by atomic mass is 16.5. The van der Waals surface area contributed by atoms with E-state index in [4.69, 9.17) is 14.9 Å². The van der Waals surface area contributed by atoms with Gasteiger partial charge < -0.3 is 30.5 Å². The van der Waals surface area contributed by atoms with Crippen molar-refractivity contribution >= 4 is 28.1 Å². The lowest BCUT2D eigenvalue weighted by Gasteiger charge is -2.37. The Kier molecular flexibility index (Phi) is 12.8. The number of amides is 1. The van der Waals surface area contributed by atoms with Crippen molar-refractivity contribution in [1.82, 2.24) is 14.8 Å². The van der Waals surface area contributed by atoms with E-state index >= 15 is 0 Å². The number of likely N-dealkylation sites (tertiary alicyclic amines) is 1. The van der Waals surface area contributed by atoms with Crippen LogP contribution in [0.3, 0.4) is 0 Å². The summed E-state index contributed by atoms with van der Waals surface area (Å²) in [6.45, 7) is 15.1. The van der Waals surface area contributed by atoms with E-state index in [1.807, 2.05) is 17.9 Å². The number of aromatic amines is 1. The molecule has 0 saturated carbocycles. The van der Waals surface area contributed by atoms with E-state index in [1.165, 1.54) is 23.6 Å². The van der Waals surface area contributed by atoms with E-state index in [9.17, 15) is 4.79 Å². The molecule has 4 N–H and O–H groups in total. The minimum absolute atomic E-state index is 0.162. The third-order valence-corrected chi connectivity index (χ3v) is 8.45. The van der Waals surface area contributed by atoms with Crippen molar-refractivity contribution in [1.29, 1.82) is 5.41 Å². The van der Waals surface area contributed by atoms with Crippen LogP contribution in [-0.2, 0) is 14.3 Å². The smallest absolute Gasteiger partial charge is 0.237 e. The Morgan fingerprint density at radius 3 is 2.55 bits per heavy atom. The lowest BCUT2D eigenvalue weighted by atomic mass is 9.87. The van der Waals surface area contributed by atoms with Crippen LogP contribution in [0.1, 0.15) is 89.0 Å². The molecule has 1 aromatic heterocycles. The molecule has 0 spiro atoms. The first kappa shape index (κ1) is 33.6. The van der Waals surface area contributed by atoms with Gasteiger partial charge in [0, 0.05) is 23.1 Å². The van der Waals surface area contributed by atoms with Crippen molar-refractivity contribution in [2.45, 2.75) is 78.2 Å². The Balaban J connectivity index is 0.00000237. The molecule has 2 aliphatic heterocycles. The van der Waals surface area contributed by atoms with Crippen molar-refractivity contribution in [2.24, 2.45) is 5.73 Å². The van der Waals surface area contributed by atoms with Gasteiger partial charge in [0.1, 0.15) is 5.76 Å². The molecule has 2 saturated heterocycles. The summed E-state index contributed by atoms with van der Waals surface area (Å²) in [5.74, 6) is 1.68. The molecule has 42 heavy (non-hydrogen) atoms. The van der Waals surface area contributed by atoms with Crippen LogP contribution in [0, 0.1) is 5.41 Å². The molecule has 2 aromatic rings. The second kappa shape index (κ2) is 16.1. The number of nitrogens with zero attached hydrogens (tertiary/aromatic N) is 2. The van der Waals surface area contributed by atoms with Crippen LogP contribution in [0.15, 0.2) is 36.1 Å². The molecule has 2 aliphatic rings. The number of nitrogens with one attached hydrogen (secondary N) is 2. The van der Waals surface area contributed by atoms with Crippen molar-refractivity contribution < 1.29 is 14.3 Å². The number of piperidine rings is 1. The molecule has 1 atom stereocenters. The first-order valence-corrected chi connectivity index (χ1v) is 15.6. The molecule has 1 amide bonds. The van der Waals surface area contributed by atoms with Gasteiger partial charge in [-0.3, -0.25) is 9.69 Å². The maximum Gasteiger partial charge on any atom is 0.237 e. The van der Waals surface area contributed by atoms with Crippen molar-refractivity contribution in [3.63, 3.8) is 0 Å². The first-order chi connectivity index (χ1) is 20.3. The number of rotatable bonds is 10. The molecule has 1 unspecified atom stereocenters. The van der Waals surface area contributed by atoms with Crippen LogP contribution in [-0.4, -0.2) is 86.0 Å². The van der Waals surface area contributed by atoms with Gasteiger partial charge in [0.2, 0.25) is 5.91 Å². The Morgan fingerprint density at radius 1 is 1.24 bits per heavy atom. The number of methoxy groups -OCH3 is 1. The predicted octanol–water partition coefficient (Wildman–Crippen LogP) is 6.05. The summed E-state index contributed by atoms with van der Waals surface area (Å²) in [4.78, 5) is 20.9. The quantitative estimate of drug-likeness (QED) is 0.181. The number of aromatic nitrogens is 1. The summed E-state index contributed by atoms with van der Waals surface area (Å²) < 4.78 is 11.1. The number of H-pyrrole nitrogens is 1. The average Bonchev–Trinajstić information content (AvgIpc) is 3.38. The number of fused-ring (bicyclic) bond motifs is 1. The van der Waals surface area contributed by atoms with E-state index in [0.29, 0.717) is 56.0 Å². The molecule has 1 aromatic carbocycles. The summed E-state index contributed by atoms with van der Waals surface area (Å²) in [5, 5.41) is 9.69. The highest BCUT2D eigenvalue weighted by Gasteiger charge is 2.28. The Bertz CT molecular complexity index is 1250. The van der Waals surface area contributed by atoms with E-state index in [0.717, 1.165) is 49.1 Å². The van der Waals surface area contributed by atoms with E-state index < -0.39 is 0 Å². The van der Waals surface area contributed by atoms with E-state index in [1.54, 1.807) is 7.11 Å². The lowest BCUT2D eigenvalue weighted by molar-refractivity contribution is -0.140. The zero-order chi connectivity index (χ0) is 30.8. The number of nitrogens with two attached hydrogens (primary N) is 1. The molecule has 0 radical (unpaired) electrons. The van der Waals surface area contributed by atoms with Gasteiger partial charge in [0.05, 0.1) is 38.6 Å². The molecule has 0 bridgehead atoms. The van der Waals surface area contributed by atoms with Gasteiger partial charge in [-0.05, 0) is 100.0 Å². The van der Waals surface area contributed by atoms with Crippen LogP contribution in [0.2, 0.25) is 0 Å². The number of benzene rings is 1. The molecule has 8 nitrogen and oxygen atoms in total. The normalized spacial score (nSPS) is 19.2. The Hall–Kier alpha value is -2.94. The maximum atomic E-state index is 12.9. The fourth-order valence-electron chi connectivity index (χ4n) is 6.20. The Morgan fingerprint density at radius 2 is 1.95 bits per heavy atom. The predicted molar refractivity (Wildman–Crippen MR) is 174 cm³/mol. The lowest BCUT2D eigenvalue weighted by Crippen LogP contribution is -2.51. The molecular weight excluding hydrogens is 526 g/mol. The van der Waals surface area contributed by atoms with Crippen LogP contribution in [0.4, 0.5) is 0 Å². The summed E-state index contributed by atoms with van der Waals surface area (Å²) in [6.07, 6.45) is 7.84. The molecule has 0 aliphatic carbocycles. The SMILES string of the molecule is C/C=C(\C=C(\OC)C(=N)CCC)c1[nH]c2ccc(C3CCN(CC(=O)N4CCOCC4C)CC3)cc2c1C(C)C.CN. The maximum absolute atomic E-state index is 12.9. The number of morpholine rings is 1. The molecule has 2 fully saturated rings. The number of carbonyl (C=O) groups excluding carboxylic acids is 1. The summed E-state index contributed by atoms with van der Waals surface area (Å²) in [5.41, 5.74) is 11.0. The second-order valence-corrected chi connectivity index (χ2v) is 11.6. The molecule has 232 valence electrons. The van der Waals surface area contributed by atoms with Crippen LogP contribution >= 0.6 is 0 Å². The largest absolute Gasteiger partial charge is 0.495 e. The number of carbonyl (C=O) groups is 1. The van der Waals surface area contributed by atoms with Gasteiger partial charge in [0.25, 0.3) is 0 Å². The third kappa shape index (κ3) is 7.91. The number of hydrogen-bond donors (Lipinski definition) is 3. The molecule has 3 heterocycles. The zero-order valence-corrected chi connectivity index (χ0v) is 26.9. The van der Waals surface area contributed by atoms with Crippen molar-refractivity contribution in [2.75, 3.05) is 53.6 Å². The molecular formula is C34H53N5O3. The summed E-state index contributed by atoms with van der Waals surface area (Å²) in [7, 11) is 3.15. The number of allylic oxidation sites excluding steroid dienone is 4. The van der Waals surface area contributed by atoms with Gasteiger partial charge in [-0.25, -0.2) is 0 Å². The van der Waals surface area contributed by atoms with Crippen molar-refractivity contribution in [3.8, 4) is 0 Å². The molecule has 8 heteroatoms. The van der Waals surface area contributed by atoms with Gasteiger partial charge in [-0.1, -0.05) is 39.3 Å². The fraction of sp³-hybridized carbons (Fsp3) is 0.588. The minimum Gasteiger partial charge on any atom is -0.495 e. The molecule has 4 rings (SSSR count). The number of ether oxygens (including phenoxy) is 2. The van der Waals surface area contributed by atoms with Gasteiger partial charge in [0.15, 0.2) is 0 Å². The van der Waals surface area contributed by atoms with Gasteiger partial charge in [-0.15, -0.1) is 0 Å². The van der Waals surface area contributed by atoms with Gasteiger partial charge >= 0.3 is 0 Å². The standard InChI is InChI=1S/C33H48N4O3.CH5N/c1-7-9-28(34)30(39-6)19-24(8-2)33-32(22(3)4)27-18-26(10-11-29(27)35-33)25-12-14-36(15-13-25)20-31(38)37-16-17-40-21-23(37)5;1-2/h8,10-11,18-19,22-23,25,34-35H,7,9,12-17,20-21H2,1-6H3;2H2,1H3/b24-8+,30-19+,34-28?;. The topological polar surface area (TPSA) is 108 Å².